The van der Waals surface area contributed by atoms with E-state index >= 15 is 0 Å². The molecule has 0 radical (unpaired) electrons. The van der Waals surface area contributed by atoms with Crippen molar-refractivity contribution in [3.05, 3.63) is 29.8 Å². The summed E-state index contributed by atoms with van der Waals surface area (Å²) >= 11 is 4.27. The molecule has 0 aliphatic heterocycles. The molecule has 1 aliphatic rings. The zero-order valence-corrected chi connectivity index (χ0v) is 8.06. The van der Waals surface area contributed by atoms with Crippen molar-refractivity contribution in [2.75, 3.05) is 0 Å². The van der Waals surface area contributed by atoms with Crippen molar-refractivity contribution in [2.45, 2.75) is 36.5 Å². The van der Waals surface area contributed by atoms with Crippen molar-refractivity contribution < 1.29 is 0 Å². The van der Waals surface area contributed by atoms with Crippen LogP contribution in [0.5, 0.6) is 0 Å². The molecule has 1 fully saturated rings. The first-order chi connectivity index (χ1) is 5.86. The Hall–Kier alpha value is -0.430. The van der Waals surface area contributed by atoms with E-state index in [2.05, 4.69) is 36.9 Å². The van der Waals surface area contributed by atoms with Gasteiger partial charge in [-0.25, -0.2) is 0 Å². The number of hydrogen-bond donors (Lipinski definition) is 1. The predicted molar refractivity (Wildman–Crippen MR) is 54.9 cm³/mol. The first kappa shape index (κ1) is 8.18. The third kappa shape index (κ3) is 1.66. The molecule has 0 spiro atoms. The minimum atomic E-state index is 0.832. The van der Waals surface area contributed by atoms with Crippen LogP contribution in [0.2, 0.25) is 0 Å². The van der Waals surface area contributed by atoms with E-state index in [1.807, 2.05) is 0 Å². The van der Waals surface area contributed by atoms with Crippen molar-refractivity contribution in [1.29, 1.82) is 0 Å². The quantitative estimate of drug-likeness (QED) is 0.624. The molecule has 0 atom stereocenters. The van der Waals surface area contributed by atoms with Crippen LogP contribution in [-0.4, -0.2) is 0 Å². The van der Waals surface area contributed by atoms with Crippen LogP contribution in [0, 0.1) is 0 Å². The summed E-state index contributed by atoms with van der Waals surface area (Å²) in [7, 11) is 0. The summed E-state index contributed by atoms with van der Waals surface area (Å²) in [5, 5.41) is 0. The minimum absolute atomic E-state index is 0.832. The molecule has 12 heavy (non-hydrogen) atoms. The fourth-order valence-corrected chi connectivity index (χ4v) is 2.15. The van der Waals surface area contributed by atoms with Crippen LogP contribution < -0.4 is 0 Å². The summed E-state index contributed by atoms with van der Waals surface area (Å²) < 4.78 is 0. The lowest BCUT2D eigenvalue weighted by atomic mass is 9.98. The minimum Gasteiger partial charge on any atom is -0.143 e. The first-order valence-corrected chi connectivity index (χ1v) is 5.10. The van der Waals surface area contributed by atoms with Crippen molar-refractivity contribution >= 4 is 12.6 Å². The molecule has 1 aromatic rings. The van der Waals surface area contributed by atoms with Crippen LogP contribution in [0.1, 0.15) is 37.2 Å². The van der Waals surface area contributed by atoms with E-state index in [1.54, 1.807) is 0 Å². The highest BCUT2D eigenvalue weighted by Gasteiger charge is 2.16. The van der Waals surface area contributed by atoms with E-state index in [4.69, 9.17) is 0 Å². The highest BCUT2D eigenvalue weighted by molar-refractivity contribution is 7.80. The molecular formula is C11H14S. The maximum absolute atomic E-state index is 4.27. The highest BCUT2D eigenvalue weighted by atomic mass is 32.1. The second-order valence-corrected chi connectivity index (χ2v) is 4.09. The number of thiol groups is 1. The van der Waals surface area contributed by atoms with Crippen LogP contribution >= 0.6 is 12.6 Å². The van der Waals surface area contributed by atoms with E-state index in [9.17, 15) is 0 Å². The second-order valence-electron chi connectivity index (χ2n) is 3.57. The maximum Gasteiger partial charge on any atom is 0.00401 e. The smallest absolute Gasteiger partial charge is 0.00401 e. The lowest BCUT2D eigenvalue weighted by Crippen LogP contribution is -1.90. The molecule has 1 aromatic carbocycles. The third-order valence-electron chi connectivity index (χ3n) is 2.72. The monoisotopic (exact) mass is 178 g/mol. The van der Waals surface area contributed by atoms with Crippen LogP contribution in [0.15, 0.2) is 29.2 Å². The van der Waals surface area contributed by atoms with E-state index < -0.39 is 0 Å². The van der Waals surface area contributed by atoms with Crippen molar-refractivity contribution in [3.63, 3.8) is 0 Å². The highest BCUT2D eigenvalue weighted by Crippen LogP contribution is 2.34. The Labute approximate surface area is 79.4 Å². The summed E-state index contributed by atoms with van der Waals surface area (Å²) in [4.78, 5) is 1.07. The molecule has 0 saturated heterocycles. The molecule has 64 valence electrons. The Morgan fingerprint density at radius 1 is 1.00 bits per heavy atom. The molecule has 0 heterocycles. The van der Waals surface area contributed by atoms with Gasteiger partial charge in [-0.3, -0.25) is 0 Å². The topological polar surface area (TPSA) is 0 Å². The van der Waals surface area contributed by atoms with E-state index in [-0.39, 0.29) is 0 Å². The molecular weight excluding hydrogens is 164 g/mol. The van der Waals surface area contributed by atoms with Gasteiger partial charge in [-0.2, -0.15) is 0 Å². The normalized spacial score (nSPS) is 18.4. The van der Waals surface area contributed by atoms with Gasteiger partial charge in [0.1, 0.15) is 0 Å². The van der Waals surface area contributed by atoms with Gasteiger partial charge in [0.05, 0.1) is 0 Å². The molecule has 0 nitrogen and oxygen atoms in total. The zero-order valence-electron chi connectivity index (χ0n) is 7.16. The van der Waals surface area contributed by atoms with Crippen LogP contribution in [0.25, 0.3) is 0 Å². The van der Waals surface area contributed by atoms with Gasteiger partial charge in [-0.15, -0.1) is 12.6 Å². The second kappa shape index (κ2) is 3.53. The molecule has 1 heteroatoms. The molecule has 0 N–H and O–H groups in total. The van der Waals surface area contributed by atoms with Gasteiger partial charge < -0.3 is 0 Å². The standard InChI is InChI=1S/C11H14S/c12-11-7-5-10(6-8-11)9-3-1-2-4-9/h5-9,12H,1-4H2. The van der Waals surface area contributed by atoms with Gasteiger partial charge in [0.15, 0.2) is 0 Å². The predicted octanol–water partition coefficient (Wildman–Crippen LogP) is 3.63. The SMILES string of the molecule is Sc1ccc(C2CCCC2)cc1. The van der Waals surface area contributed by atoms with Crippen molar-refractivity contribution in [2.24, 2.45) is 0 Å². The van der Waals surface area contributed by atoms with E-state index in [0.717, 1.165) is 10.8 Å². The lowest BCUT2D eigenvalue weighted by Gasteiger charge is -2.08. The molecule has 2 rings (SSSR count). The van der Waals surface area contributed by atoms with Gasteiger partial charge in [0.2, 0.25) is 0 Å². The van der Waals surface area contributed by atoms with Crippen LogP contribution in [0.4, 0.5) is 0 Å². The molecule has 0 bridgehead atoms. The van der Waals surface area contributed by atoms with Gasteiger partial charge in [0.25, 0.3) is 0 Å². The van der Waals surface area contributed by atoms with E-state index in [0.29, 0.717) is 0 Å². The van der Waals surface area contributed by atoms with Crippen LogP contribution in [0.3, 0.4) is 0 Å². The molecule has 0 amide bonds. The largest absolute Gasteiger partial charge is 0.143 e. The first-order valence-electron chi connectivity index (χ1n) is 4.65. The summed E-state index contributed by atoms with van der Waals surface area (Å²) in [5.41, 5.74) is 1.50. The average molecular weight is 178 g/mol. The fourth-order valence-electron chi connectivity index (χ4n) is 2.01. The molecule has 0 unspecified atom stereocenters. The Morgan fingerprint density at radius 3 is 2.17 bits per heavy atom. The van der Waals surface area contributed by atoms with Crippen molar-refractivity contribution in [3.8, 4) is 0 Å². The van der Waals surface area contributed by atoms with Gasteiger partial charge in [-0.1, -0.05) is 25.0 Å². The summed E-state index contributed by atoms with van der Waals surface area (Å²) in [6.07, 6.45) is 5.58. The van der Waals surface area contributed by atoms with Gasteiger partial charge >= 0.3 is 0 Å². The molecule has 1 aliphatic carbocycles. The Morgan fingerprint density at radius 2 is 1.58 bits per heavy atom. The maximum atomic E-state index is 4.27. The Bertz CT molecular complexity index is 244. The molecule has 1 saturated carbocycles. The summed E-state index contributed by atoms with van der Waals surface area (Å²) in [6, 6.07) is 8.63. The molecule has 0 aromatic heterocycles. The Kier molecular flexibility index (Phi) is 2.40. The van der Waals surface area contributed by atoms with Crippen LogP contribution in [-0.2, 0) is 0 Å². The lowest BCUT2D eigenvalue weighted by molar-refractivity contribution is 0.722. The fraction of sp³-hybridized carbons (Fsp3) is 0.455. The van der Waals surface area contributed by atoms with Gasteiger partial charge in [-0.05, 0) is 36.5 Å². The van der Waals surface area contributed by atoms with Crippen molar-refractivity contribution in [1.82, 2.24) is 0 Å². The number of rotatable bonds is 1. The summed E-state index contributed by atoms with van der Waals surface area (Å²) in [5.74, 6) is 0.832. The average Bonchev–Trinajstić information content (AvgIpc) is 2.58. The number of hydrogen-bond acceptors (Lipinski definition) is 1. The third-order valence-corrected chi connectivity index (χ3v) is 3.02. The summed E-state index contributed by atoms with van der Waals surface area (Å²) in [6.45, 7) is 0. The Balaban J connectivity index is 2.17. The zero-order chi connectivity index (χ0) is 8.39. The van der Waals surface area contributed by atoms with E-state index in [1.165, 1.54) is 31.2 Å². The van der Waals surface area contributed by atoms with Gasteiger partial charge in [0, 0.05) is 4.90 Å². The number of benzene rings is 1.